The molecule has 2 heterocycles. The monoisotopic (exact) mass is 350 g/mol. The predicted molar refractivity (Wildman–Crippen MR) is 94.0 cm³/mol. The van der Waals surface area contributed by atoms with Gasteiger partial charge in [-0.3, -0.25) is 4.79 Å². The summed E-state index contributed by atoms with van der Waals surface area (Å²) >= 11 is 1.80. The summed E-state index contributed by atoms with van der Waals surface area (Å²) in [6.07, 6.45) is 7.85. The molecule has 0 bridgehead atoms. The van der Waals surface area contributed by atoms with Crippen LogP contribution in [0.3, 0.4) is 0 Å². The lowest BCUT2D eigenvalue weighted by Gasteiger charge is -2.32. The minimum atomic E-state index is -0.282. The van der Waals surface area contributed by atoms with Crippen LogP contribution >= 0.6 is 11.3 Å². The second kappa shape index (κ2) is 7.96. The second-order valence-electron chi connectivity index (χ2n) is 6.79. The highest BCUT2D eigenvalue weighted by Gasteiger charge is 2.24. The molecule has 0 aromatic carbocycles. The van der Waals surface area contributed by atoms with E-state index >= 15 is 0 Å². The molecule has 132 valence electrons. The van der Waals surface area contributed by atoms with Gasteiger partial charge in [-0.15, -0.1) is 11.3 Å². The molecule has 1 aliphatic heterocycles. The van der Waals surface area contributed by atoms with Gasteiger partial charge in [-0.1, -0.05) is 0 Å². The Morgan fingerprint density at radius 1 is 1.29 bits per heavy atom. The van der Waals surface area contributed by atoms with Crippen LogP contribution in [-0.4, -0.2) is 41.5 Å². The van der Waals surface area contributed by atoms with Gasteiger partial charge in [0.15, 0.2) is 0 Å². The Labute approximate surface area is 146 Å². The van der Waals surface area contributed by atoms with Crippen LogP contribution < -0.4 is 11.1 Å². The van der Waals surface area contributed by atoms with E-state index in [1.807, 2.05) is 4.90 Å². The minimum Gasteiger partial charge on any atom is -0.370 e. The number of nitrogens with two attached hydrogens (primary N) is 1. The molecule has 1 aromatic heterocycles. The molecule has 24 heavy (non-hydrogen) atoms. The van der Waals surface area contributed by atoms with Crippen LogP contribution in [0.25, 0.3) is 0 Å². The van der Waals surface area contributed by atoms with Crippen molar-refractivity contribution in [1.29, 1.82) is 0 Å². The molecule has 1 fully saturated rings. The van der Waals surface area contributed by atoms with Crippen LogP contribution in [0.15, 0.2) is 0 Å². The molecule has 1 aliphatic carbocycles. The average molecular weight is 350 g/mol. The van der Waals surface area contributed by atoms with Crippen molar-refractivity contribution >= 4 is 23.3 Å². The Morgan fingerprint density at radius 3 is 2.92 bits per heavy atom. The van der Waals surface area contributed by atoms with Crippen molar-refractivity contribution in [2.24, 2.45) is 11.7 Å². The molecule has 1 unspecified atom stereocenters. The van der Waals surface area contributed by atoms with Gasteiger partial charge in [0.25, 0.3) is 0 Å². The predicted octanol–water partition coefficient (Wildman–Crippen LogP) is 1.86. The lowest BCUT2D eigenvalue weighted by molar-refractivity contribution is -0.119. The fourth-order valence-electron chi connectivity index (χ4n) is 3.60. The van der Waals surface area contributed by atoms with Crippen molar-refractivity contribution in [2.45, 2.75) is 51.4 Å². The lowest BCUT2D eigenvalue weighted by atomic mass is 9.95. The highest BCUT2D eigenvalue weighted by atomic mass is 32.1. The third kappa shape index (κ3) is 4.47. The van der Waals surface area contributed by atoms with E-state index in [9.17, 15) is 9.59 Å². The van der Waals surface area contributed by atoms with E-state index in [1.165, 1.54) is 23.4 Å². The number of thiazole rings is 1. The van der Waals surface area contributed by atoms with E-state index in [4.69, 9.17) is 10.7 Å². The highest BCUT2D eigenvalue weighted by Crippen LogP contribution is 2.26. The van der Waals surface area contributed by atoms with Crippen LogP contribution in [0, 0.1) is 5.92 Å². The zero-order valence-corrected chi connectivity index (χ0v) is 14.9. The lowest BCUT2D eigenvalue weighted by Crippen LogP contribution is -2.46. The Kier molecular flexibility index (Phi) is 5.71. The summed E-state index contributed by atoms with van der Waals surface area (Å²) in [6, 6.07) is -0.0366. The SMILES string of the molecule is NC(=O)CC1CCCN(C(=O)NCCc2nc3c(s2)CCCC3)C1. The summed E-state index contributed by atoms with van der Waals surface area (Å²) in [6.45, 7) is 2.00. The summed E-state index contributed by atoms with van der Waals surface area (Å²) in [5, 5.41) is 4.12. The zero-order chi connectivity index (χ0) is 16.9. The number of fused-ring (bicyclic) bond motifs is 1. The van der Waals surface area contributed by atoms with Crippen LogP contribution in [0.5, 0.6) is 0 Å². The van der Waals surface area contributed by atoms with E-state index in [1.54, 1.807) is 11.3 Å². The molecule has 0 radical (unpaired) electrons. The van der Waals surface area contributed by atoms with Crippen LogP contribution in [-0.2, 0) is 24.1 Å². The number of primary amides is 1. The van der Waals surface area contributed by atoms with E-state index < -0.39 is 0 Å². The first kappa shape index (κ1) is 17.2. The van der Waals surface area contributed by atoms with Gasteiger partial charge in [-0.05, 0) is 44.4 Å². The second-order valence-corrected chi connectivity index (χ2v) is 7.96. The van der Waals surface area contributed by atoms with Crippen molar-refractivity contribution in [1.82, 2.24) is 15.2 Å². The smallest absolute Gasteiger partial charge is 0.317 e. The number of carbonyl (C=O) groups is 2. The Hall–Kier alpha value is -1.63. The fraction of sp³-hybridized carbons (Fsp3) is 0.706. The van der Waals surface area contributed by atoms with Crippen LogP contribution in [0.4, 0.5) is 4.79 Å². The van der Waals surface area contributed by atoms with E-state index in [0.29, 0.717) is 19.5 Å². The van der Waals surface area contributed by atoms with E-state index in [2.05, 4.69) is 5.32 Å². The maximum absolute atomic E-state index is 12.3. The highest BCUT2D eigenvalue weighted by molar-refractivity contribution is 7.11. The maximum atomic E-state index is 12.3. The fourth-order valence-corrected chi connectivity index (χ4v) is 4.76. The van der Waals surface area contributed by atoms with Gasteiger partial charge in [0.05, 0.1) is 10.7 Å². The summed E-state index contributed by atoms with van der Waals surface area (Å²) in [5.41, 5.74) is 6.54. The van der Waals surface area contributed by atoms with Gasteiger partial charge in [-0.25, -0.2) is 9.78 Å². The minimum absolute atomic E-state index is 0.0366. The molecule has 1 aromatic rings. The summed E-state index contributed by atoms with van der Waals surface area (Å²) in [5.74, 6) is -0.0808. The number of piperidine rings is 1. The molecule has 7 heteroatoms. The molecule has 0 spiro atoms. The molecule has 6 nitrogen and oxygen atoms in total. The summed E-state index contributed by atoms with van der Waals surface area (Å²) < 4.78 is 0. The van der Waals surface area contributed by atoms with Crippen LogP contribution in [0.1, 0.15) is 47.7 Å². The largest absolute Gasteiger partial charge is 0.370 e. The quantitative estimate of drug-likeness (QED) is 0.849. The molecule has 3 N–H and O–H groups in total. The van der Waals surface area contributed by atoms with E-state index in [-0.39, 0.29) is 17.9 Å². The van der Waals surface area contributed by atoms with Gasteiger partial charge in [0.1, 0.15) is 0 Å². The van der Waals surface area contributed by atoms with E-state index in [0.717, 1.165) is 43.7 Å². The number of carbonyl (C=O) groups excluding carboxylic acids is 2. The third-order valence-corrected chi connectivity index (χ3v) is 6.02. The summed E-state index contributed by atoms with van der Waals surface area (Å²) in [7, 11) is 0. The summed E-state index contributed by atoms with van der Waals surface area (Å²) in [4.78, 5) is 31.3. The zero-order valence-electron chi connectivity index (χ0n) is 14.1. The molecule has 2 aliphatic rings. The maximum Gasteiger partial charge on any atom is 0.317 e. The Balaban J connectivity index is 1.43. The normalized spacial score (nSPS) is 20.5. The molecule has 1 saturated heterocycles. The van der Waals surface area contributed by atoms with Crippen molar-refractivity contribution in [3.05, 3.63) is 15.6 Å². The third-order valence-electron chi connectivity index (χ3n) is 4.80. The number of urea groups is 1. The number of amides is 3. The number of aromatic nitrogens is 1. The van der Waals surface area contributed by atoms with Crippen molar-refractivity contribution in [3.8, 4) is 0 Å². The number of hydrogen-bond donors (Lipinski definition) is 2. The Bertz CT molecular complexity index is 578. The molecule has 0 saturated carbocycles. The van der Waals surface area contributed by atoms with Gasteiger partial charge in [0.2, 0.25) is 5.91 Å². The standard InChI is InChI=1S/C17H26N4O2S/c18-15(22)10-12-4-3-9-21(11-12)17(23)19-8-7-16-20-13-5-1-2-6-14(13)24-16/h12H,1-11H2,(H2,18,22)(H,19,23). The molecular weight excluding hydrogens is 324 g/mol. The number of likely N-dealkylation sites (tertiary alicyclic amines) is 1. The van der Waals surface area contributed by atoms with Gasteiger partial charge >= 0.3 is 6.03 Å². The number of aryl methyl sites for hydroxylation is 2. The van der Waals surface area contributed by atoms with Crippen LogP contribution in [0.2, 0.25) is 0 Å². The van der Waals surface area contributed by atoms with Gasteiger partial charge < -0.3 is 16.0 Å². The number of nitrogens with one attached hydrogen (secondary N) is 1. The number of rotatable bonds is 5. The topological polar surface area (TPSA) is 88.3 Å². The number of nitrogens with zero attached hydrogens (tertiary/aromatic N) is 2. The number of hydrogen-bond acceptors (Lipinski definition) is 4. The van der Waals surface area contributed by atoms with Gasteiger partial charge in [0, 0.05) is 37.4 Å². The van der Waals surface area contributed by atoms with Crippen molar-refractivity contribution in [2.75, 3.05) is 19.6 Å². The first-order valence-corrected chi connectivity index (χ1v) is 9.72. The first-order valence-electron chi connectivity index (χ1n) is 8.90. The van der Waals surface area contributed by atoms with Gasteiger partial charge in [-0.2, -0.15) is 0 Å². The molecular formula is C17H26N4O2S. The molecule has 3 amide bonds. The molecule has 3 rings (SSSR count). The molecule has 1 atom stereocenters. The first-order chi connectivity index (χ1) is 11.6. The average Bonchev–Trinajstić information content (AvgIpc) is 2.97. The van der Waals surface area contributed by atoms with Crippen molar-refractivity contribution < 1.29 is 9.59 Å². The van der Waals surface area contributed by atoms with Crippen molar-refractivity contribution in [3.63, 3.8) is 0 Å². The Morgan fingerprint density at radius 2 is 2.12 bits per heavy atom.